The van der Waals surface area contributed by atoms with E-state index in [1.54, 1.807) is 6.07 Å². The lowest BCUT2D eigenvalue weighted by atomic mass is 10.1. The average Bonchev–Trinajstić information content (AvgIpc) is 1.98. The molecule has 0 fully saturated rings. The van der Waals surface area contributed by atoms with Gasteiger partial charge in [0.15, 0.2) is 11.5 Å². The summed E-state index contributed by atoms with van der Waals surface area (Å²) in [6.45, 7) is 0.546. The predicted octanol–water partition coefficient (Wildman–Crippen LogP) is -2.40. The molecule has 0 atom stereocenters. The van der Waals surface area contributed by atoms with Crippen molar-refractivity contribution >= 4 is 0 Å². The first-order valence-corrected chi connectivity index (χ1v) is 3.45. The van der Waals surface area contributed by atoms with Gasteiger partial charge < -0.3 is 28.4 Å². The van der Waals surface area contributed by atoms with E-state index in [0.717, 1.165) is 5.56 Å². The van der Waals surface area contributed by atoms with Gasteiger partial charge in [-0.15, -0.1) is 0 Å². The van der Waals surface area contributed by atoms with Gasteiger partial charge in [0.25, 0.3) is 0 Å². The van der Waals surface area contributed by atoms with Crippen LogP contribution in [0.5, 0.6) is 11.5 Å². The van der Waals surface area contributed by atoms with Crippen molar-refractivity contribution < 1.29 is 22.6 Å². The highest BCUT2D eigenvalue weighted by atomic mass is 35.5. The predicted molar refractivity (Wildman–Crippen MR) is 42.5 cm³/mol. The summed E-state index contributed by atoms with van der Waals surface area (Å²) in [5.41, 5.74) is 6.24. The summed E-state index contributed by atoms with van der Waals surface area (Å²) in [4.78, 5) is 0. The Balaban J connectivity index is 0.00000121. The molecule has 0 aliphatic rings. The third kappa shape index (κ3) is 2.60. The summed E-state index contributed by atoms with van der Waals surface area (Å²) in [6.07, 6.45) is 0.716. The van der Waals surface area contributed by atoms with E-state index in [-0.39, 0.29) is 23.9 Å². The maximum absolute atomic E-state index is 9.04. The normalized spacial score (nSPS) is 9.08. The fourth-order valence-electron chi connectivity index (χ4n) is 0.891. The highest BCUT2D eigenvalue weighted by Gasteiger charge is 1.98. The van der Waals surface area contributed by atoms with Crippen LogP contribution in [0.3, 0.4) is 0 Å². The van der Waals surface area contributed by atoms with E-state index in [0.29, 0.717) is 13.0 Å². The van der Waals surface area contributed by atoms with Gasteiger partial charge >= 0.3 is 0 Å². The molecule has 4 heteroatoms. The molecular formula is C8H11ClNO2-. The van der Waals surface area contributed by atoms with Crippen LogP contribution in [-0.2, 0) is 6.42 Å². The number of phenols is 2. The van der Waals surface area contributed by atoms with Crippen LogP contribution in [0.15, 0.2) is 18.2 Å². The molecule has 3 nitrogen and oxygen atoms in total. The van der Waals surface area contributed by atoms with Gasteiger partial charge in [0.1, 0.15) is 0 Å². The van der Waals surface area contributed by atoms with Crippen LogP contribution >= 0.6 is 0 Å². The van der Waals surface area contributed by atoms with E-state index >= 15 is 0 Å². The maximum Gasteiger partial charge on any atom is 0.157 e. The van der Waals surface area contributed by atoms with Gasteiger partial charge in [0, 0.05) is 0 Å². The van der Waals surface area contributed by atoms with Gasteiger partial charge in [0.05, 0.1) is 0 Å². The standard InChI is InChI=1S/C8H11NO2.ClH/c9-4-3-6-1-2-7(10)8(11)5-6;/h1-2,5,10-11H,3-4,9H2;1H/p-1. The van der Waals surface area contributed by atoms with Gasteiger partial charge in [-0.3, -0.25) is 0 Å². The van der Waals surface area contributed by atoms with Crippen molar-refractivity contribution in [1.29, 1.82) is 0 Å². The molecule has 0 heterocycles. The number of hydrogen-bond acceptors (Lipinski definition) is 3. The van der Waals surface area contributed by atoms with Gasteiger partial charge in [-0.05, 0) is 30.7 Å². The molecule has 0 spiro atoms. The molecule has 0 amide bonds. The molecule has 1 aromatic carbocycles. The van der Waals surface area contributed by atoms with Crippen molar-refractivity contribution in [2.45, 2.75) is 6.42 Å². The van der Waals surface area contributed by atoms with Crippen molar-refractivity contribution in [2.24, 2.45) is 5.73 Å². The second kappa shape index (κ2) is 4.85. The van der Waals surface area contributed by atoms with Crippen molar-refractivity contribution in [3.63, 3.8) is 0 Å². The molecule has 0 saturated heterocycles. The number of aromatic hydroxyl groups is 2. The molecule has 0 bridgehead atoms. The topological polar surface area (TPSA) is 66.5 Å². The van der Waals surface area contributed by atoms with Gasteiger partial charge in [0.2, 0.25) is 0 Å². The Labute approximate surface area is 77.2 Å². The fourth-order valence-corrected chi connectivity index (χ4v) is 0.891. The average molecular weight is 189 g/mol. The van der Waals surface area contributed by atoms with Crippen LogP contribution in [0, 0.1) is 0 Å². The Morgan fingerprint density at radius 3 is 2.33 bits per heavy atom. The maximum atomic E-state index is 9.04. The van der Waals surface area contributed by atoms with E-state index in [9.17, 15) is 0 Å². The minimum Gasteiger partial charge on any atom is -1.00 e. The Morgan fingerprint density at radius 2 is 1.83 bits per heavy atom. The fraction of sp³-hybridized carbons (Fsp3) is 0.250. The van der Waals surface area contributed by atoms with E-state index in [1.807, 2.05) is 0 Å². The molecule has 0 aliphatic heterocycles. The number of rotatable bonds is 2. The summed E-state index contributed by atoms with van der Waals surface area (Å²) in [5.74, 6) is -0.179. The molecule has 68 valence electrons. The van der Waals surface area contributed by atoms with E-state index in [4.69, 9.17) is 15.9 Å². The zero-order valence-electron chi connectivity index (χ0n) is 6.50. The summed E-state index contributed by atoms with van der Waals surface area (Å²) in [5, 5.41) is 18.0. The highest BCUT2D eigenvalue weighted by Crippen LogP contribution is 2.24. The van der Waals surface area contributed by atoms with Crippen molar-refractivity contribution in [1.82, 2.24) is 0 Å². The van der Waals surface area contributed by atoms with Crippen molar-refractivity contribution in [3.8, 4) is 11.5 Å². The third-order valence-electron chi connectivity index (χ3n) is 1.47. The van der Waals surface area contributed by atoms with Gasteiger partial charge in [-0.2, -0.15) is 0 Å². The molecule has 12 heavy (non-hydrogen) atoms. The first-order valence-electron chi connectivity index (χ1n) is 3.45. The lowest BCUT2D eigenvalue weighted by molar-refractivity contribution is -0.00000418. The van der Waals surface area contributed by atoms with Crippen LogP contribution in [0.25, 0.3) is 0 Å². The molecule has 0 unspecified atom stereocenters. The third-order valence-corrected chi connectivity index (χ3v) is 1.47. The number of halogens is 1. The SMILES string of the molecule is NCCc1ccc(O)c(O)c1.[Cl-]. The Bertz CT molecular complexity index is 253. The van der Waals surface area contributed by atoms with Gasteiger partial charge in [-0.1, -0.05) is 6.07 Å². The largest absolute Gasteiger partial charge is 1.00 e. The lowest BCUT2D eigenvalue weighted by Crippen LogP contribution is -3.00. The molecule has 1 rings (SSSR count). The highest BCUT2D eigenvalue weighted by molar-refractivity contribution is 5.40. The smallest absolute Gasteiger partial charge is 0.157 e. The second-order valence-corrected chi connectivity index (χ2v) is 2.36. The Kier molecular flexibility index (Phi) is 4.47. The molecule has 4 N–H and O–H groups in total. The Morgan fingerprint density at radius 1 is 1.17 bits per heavy atom. The second-order valence-electron chi connectivity index (χ2n) is 2.36. The van der Waals surface area contributed by atoms with E-state index < -0.39 is 0 Å². The van der Waals surface area contributed by atoms with Crippen molar-refractivity contribution in [2.75, 3.05) is 6.54 Å². The van der Waals surface area contributed by atoms with Crippen LogP contribution in [0.1, 0.15) is 5.56 Å². The summed E-state index contributed by atoms with van der Waals surface area (Å²) in [6, 6.07) is 4.71. The van der Waals surface area contributed by atoms with E-state index in [1.165, 1.54) is 12.1 Å². The summed E-state index contributed by atoms with van der Waals surface area (Å²) in [7, 11) is 0. The molecule has 1 aromatic rings. The van der Waals surface area contributed by atoms with E-state index in [2.05, 4.69) is 0 Å². The van der Waals surface area contributed by atoms with Crippen LogP contribution < -0.4 is 18.1 Å². The zero-order chi connectivity index (χ0) is 8.27. The molecular weight excluding hydrogens is 178 g/mol. The lowest BCUT2D eigenvalue weighted by Gasteiger charge is -2.00. The quantitative estimate of drug-likeness (QED) is 0.454. The first kappa shape index (κ1) is 11.1. The molecule has 0 radical (unpaired) electrons. The monoisotopic (exact) mass is 188 g/mol. The van der Waals surface area contributed by atoms with Crippen LogP contribution in [-0.4, -0.2) is 16.8 Å². The number of nitrogens with two attached hydrogens (primary N) is 1. The molecule has 0 saturated carbocycles. The summed E-state index contributed by atoms with van der Waals surface area (Å²) >= 11 is 0. The van der Waals surface area contributed by atoms with Crippen LogP contribution in [0.2, 0.25) is 0 Å². The first-order chi connectivity index (χ1) is 5.24. The zero-order valence-corrected chi connectivity index (χ0v) is 7.25. The number of benzene rings is 1. The Hall–Kier alpha value is -0.930. The minimum atomic E-state index is -0.0919. The molecule has 0 aliphatic carbocycles. The van der Waals surface area contributed by atoms with Gasteiger partial charge in [-0.25, -0.2) is 0 Å². The van der Waals surface area contributed by atoms with Crippen LogP contribution in [0.4, 0.5) is 0 Å². The number of phenolic OH excluding ortho intramolecular Hbond substituents is 2. The number of hydrogen-bond donors (Lipinski definition) is 3. The van der Waals surface area contributed by atoms with Crippen molar-refractivity contribution in [3.05, 3.63) is 23.8 Å². The molecule has 0 aromatic heterocycles. The summed E-state index contributed by atoms with van der Waals surface area (Å²) < 4.78 is 0. The minimum absolute atomic E-state index is 0.